The van der Waals surface area contributed by atoms with E-state index in [2.05, 4.69) is 0 Å². The lowest BCUT2D eigenvalue weighted by atomic mass is 9.96. The van der Waals surface area contributed by atoms with E-state index in [0.29, 0.717) is 24.7 Å². The lowest BCUT2D eigenvalue weighted by Gasteiger charge is -2.21. The fraction of sp³-hybridized carbons (Fsp3) is 0.294. The molecule has 0 aromatic heterocycles. The topological polar surface area (TPSA) is 93.1 Å². The van der Waals surface area contributed by atoms with Crippen LogP contribution in [0.4, 0.5) is 0 Å². The average Bonchev–Trinajstić information content (AvgIpc) is 3.00. The molecule has 0 saturated carbocycles. The maximum absolute atomic E-state index is 13.3. The second kappa shape index (κ2) is 12.5. The lowest BCUT2D eigenvalue weighted by Crippen LogP contribution is -2.25. The molecule has 4 aromatic rings. The summed E-state index contributed by atoms with van der Waals surface area (Å²) in [6, 6.07) is 28.9. The predicted octanol–water partition coefficient (Wildman–Crippen LogP) is 6.65. The van der Waals surface area contributed by atoms with Gasteiger partial charge < -0.3 is 19.7 Å². The average molecular weight is 575 g/mol. The fourth-order valence-electron chi connectivity index (χ4n) is 3.93. The van der Waals surface area contributed by atoms with Gasteiger partial charge in [0, 0.05) is 10.8 Å². The normalized spacial score (nSPS) is 12.2. The molecule has 0 unspecified atom stereocenters. The highest BCUT2D eigenvalue weighted by molar-refractivity contribution is 7.91. The third-order valence-electron chi connectivity index (χ3n) is 6.82. The number of aliphatic hydroxyl groups excluding tert-OH is 2. The number of ether oxygens (including phenoxy) is 2. The summed E-state index contributed by atoms with van der Waals surface area (Å²) < 4.78 is 38.2. The first-order valence-electron chi connectivity index (χ1n) is 13.6. The van der Waals surface area contributed by atoms with Crippen molar-refractivity contribution in [3.05, 3.63) is 97.1 Å². The van der Waals surface area contributed by atoms with E-state index < -0.39 is 9.84 Å². The Morgan fingerprint density at radius 2 is 0.780 bits per heavy atom. The molecule has 0 atom stereocenters. The summed E-state index contributed by atoms with van der Waals surface area (Å²) in [7, 11) is -3.68. The van der Waals surface area contributed by atoms with Gasteiger partial charge in [-0.3, -0.25) is 0 Å². The number of benzene rings is 4. The predicted molar refractivity (Wildman–Crippen MR) is 162 cm³/mol. The van der Waals surface area contributed by atoms with Gasteiger partial charge in [0.15, 0.2) is 0 Å². The van der Waals surface area contributed by atoms with Crippen LogP contribution in [0.1, 0.15) is 27.7 Å². The summed E-state index contributed by atoms with van der Waals surface area (Å²) in [6.45, 7) is 8.63. The smallest absolute Gasteiger partial charge is 0.206 e. The molecule has 216 valence electrons. The third kappa shape index (κ3) is 7.76. The van der Waals surface area contributed by atoms with Gasteiger partial charge in [-0.25, -0.2) is 8.42 Å². The highest BCUT2D eigenvalue weighted by Gasteiger charge is 2.20. The summed E-state index contributed by atoms with van der Waals surface area (Å²) in [5, 5.41) is 18.8. The van der Waals surface area contributed by atoms with Crippen LogP contribution in [0.3, 0.4) is 0 Å². The van der Waals surface area contributed by atoms with Crippen LogP contribution in [0, 0.1) is 10.8 Å². The zero-order chi connectivity index (χ0) is 29.7. The first-order valence-corrected chi connectivity index (χ1v) is 15.0. The van der Waals surface area contributed by atoms with Gasteiger partial charge in [-0.1, -0.05) is 76.2 Å². The van der Waals surface area contributed by atoms with Crippen molar-refractivity contribution in [3.63, 3.8) is 0 Å². The van der Waals surface area contributed by atoms with Gasteiger partial charge in [0.25, 0.3) is 0 Å². The second-order valence-corrected chi connectivity index (χ2v) is 13.8. The molecule has 0 amide bonds. The number of sulfone groups is 1. The summed E-state index contributed by atoms with van der Waals surface area (Å²) in [6.07, 6.45) is 0. The molecule has 7 heteroatoms. The molecule has 0 aliphatic rings. The van der Waals surface area contributed by atoms with Gasteiger partial charge in [0.1, 0.15) is 11.5 Å². The van der Waals surface area contributed by atoms with Crippen LogP contribution in [0.15, 0.2) is 107 Å². The van der Waals surface area contributed by atoms with E-state index in [9.17, 15) is 18.6 Å². The molecular weight excluding hydrogens is 536 g/mol. The molecule has 0 spiro atoms. The zero-order valence-electron chi connectivity index (χ0n) is 24.0. The fourth-order valence-corrected chi connectivity index (χ4v) is 5.19. The van der Waals surface area contributed by atoms with Crippen LogP contribution in [-0.2, 0) is 9.84 Å². The van der Waals surface area contributed by atoms with Gasteiger partial charge in [-0.15, -0.1) is 0 Å². The summed E-state index contributed by atoms with van der Waals surface area (Å²) in [4.78, 5) is 0.458. The summed E-state index contributed by atoms with van der Waals surface area (Å²) >= 11 is 0. The van der Waals surface area contributed by atoms with Crippen molar-refractivity contribution in [2.24, 2.45) is 10.8 Å². The van der Waals surface area contributed by atoms with Crippen LogP contribution >= 0.6 is 0 Å². The Bertz CT molecular complexity index is 1410. The molecule has 2 N–H and O–H groups in total. The molecule has 0 heterocycles. The molecule has 0 saturated heterocycles. The maximum Gasteiger partial charge on any atom is 0.206 e. The van der Waals surface area contributed by atoms with Crippen molar-refractivity contribution in [3.8, 4) is 33.8 Å². The number of rotatable bonds is 12. The lowest BCUT2D eigenvalue weighted by molar-refractivity contribution is 0.0975. The minimum Gasteiger partial charge on any atom is -0.493 e. The van der Waals surface area contributed by atoms with E-state index in [-0.39, 0.29) is 33.8 Å². The molecule has 0 bridgehead atoms. The minimum atomic E-state index is -3.68. The van der Waals surface area contributed by atoms with Crippen molar-refractivity contribution in [1.82, 2.24) is 0 Å². The van der Waals surface area contributed by atoms with Crippen LogP contribution < -0.4 is 9.47 Å². The molecule has 6 nitrogen and oxygen atoms in total. The monoisotopic (exact) mass is 574 g/mol. The Hall–Kier alpha value is -3.65. The molecule has 0 fully saturated rings. The minimum absolute atomic E-state index is 0.0419. The molecule has 0 aliphatic carbocycles. The van der Waals surface area contributed by atoms with Crippen LogP contribution in [0.5, 0.6) is 11.5 Å². The Labute approximate surface area is 243 Å². The molecule has 4 aromatic carbocycles. The highest BCUT2D eigenvalue weighted by atomic mass is 32.2. The van der Waals surface area contributed by atoms with Gasteiger partial charge in [-0.05, 0) is 70.8 Å². The summed E-state index contributed by atoms with van der Waals surface area (Å²) in [5.41, 5.74) is 3.05. The standard InChI is InChI=1S/C34H38O6S/c1-33(2,21-35)23-39-29-13-5-25(6-14-29)27-9-17-31(18-10-27)41(37,38)32-19-11-28(12-20-32)26-7-15-30(16-8-26)40-24-34(3,4)22-36/h5-20,35-36H,21-24H2,1-4H3. The van der Waals surface area contributed by atoms with Crippen molar-refractivity contribution in [1.29, 1.82) is 0 Å². The van der Waals surface area contributed by atoms with E-state index in [1.54, 1.807) is 48.5 Å². The largest absolute Gasteiger partial charge is 0.493 e. The number of hydrogen-bond donors (Lipinski definition) is 2. The molecule has 4 rings (SSSR count). The molecule has 0 radical (unpaired) electrons. The highest BCUT2D eigenvalue weighted by Crippen LogP contribution is 2.29. The van der Waals surface area contributed by atoms with Crippen molar-refractivity contribution >= 4 is 9.84 Å². The van der Waals surface area contributed by atoms with Crippen molar-refractivity contribution in [2.45, 2.75) is 37.5 Å². The summed E-state index contributed by atoms with van der Waals surface area (Å²) in [5.74, 6) is 1.42. The first-order chi connectivity index (χ1) is 19.4. The second-order valence-electron chi connectivity index (χ2n) is 11.8. The molecule has 0 aliphatic heterocycles. The Kier molecular flexibility index (Phi) is 9.22. The van der Waals surface area contributed by atoms with Gasteiger partial charge in [-0.2, -0.15) is 0 Å². The van der Waals surface area contributed by atoms with Gasteiger partial charge in [0.2, 0.25) is 9.84 Å². The van der Waals surface area contributed by atoms with Crippen LogP contribution in [-0.4, -0.2) is 45.1 Å². The van der Waals surface area contributed by atoms with E-state index in [0.717, 1.165) is 22.3 Å². The van der Waals surface area contributed by atoms with E-state index >= 15 is 0 Å². The zero-order valence-corrected chi connectivity index (χ0v) is 24.8. The number of hydrogen-bond acceptors (Lipinski definition) is 6. The van der Waals surface area contributed by atoms with Crippen LogP contribution in [0.2, 0.25) is 0 Å². The molecular formula is C34H38O6S. The van der Waals surface area contributed by atoms with Crippen molar-refractivity contribution in [2.75, 3.05) is 26.4 Å². The number of aliphatic hydroxyl groups is 2. The first kappa shape index (κ1) is 30.3. The van der Waals surface area contributed by atoms with Gasteiger partial charge in [0.05, 0.1) is 36.2 Å². The Morgan fingerprint density at radius 3 is 1.05 bits per heavy atom. The molecule has 41 heavy (non-hydrogen) atoms. The Morgan fingerprint density at radius 1 is 0.512 bits per heavy atom. The quantitative estimate of drug-likeness (QED) is 0.197. The van der Waals surface area contributed by atoms with E-state index in [1.165, 1.54) is 0 Å². The third-order valence-corrected chi connectivity index (χ3v) is 8.61. The Balaban J connectivity index is 1.42. The van der Waals surface area contributed by atoms with Crippen LogP contribution in [0.25, 0.3) is 22.3 Å². The SMILES string of the molecule is CC(C)(CO)COc1ccc(-c2ccc(S(=O)(=O)c3ccc(-c4ccc(OCC(C)(C)CO)cc4)cc3)cc2)cc1. The van der Waals surface area contributed by atoms with E-state index in [4.69, 9.17) is 9.47 Å². The van der Waals surface area contributed by atoms with Gasteiger partial charge >= 0.3 is 0 Å². The van der Waals surface area contributed by atoms with E-state index in [1.807, 2.05) is 76.2 Å². The maximum atomic E-state index is 13.3. The van der Waals surface area contributed by atoms with Crippen molar-refractivity contribution < 1.29 is 28.1 Å².